The SMILES string of the molecule is CCC(O)c1cn[nH]n1. The molecule has 0 spiro atoms. The van der Waals surface area contributed by atoms with Crippen molar-refractivity contribution in [2.24, 2.45) is 0 Å². The predicted molar refractivity (Wildman–Crippen MR) is 31.6 cm³/mol. The van der Waals surface area contributed by atoms with E-state index in [0.717, 1.165) is 0 Å². The molecule has 4 nitrogen and oxygen atoms in total. The Balaban J connectivity index is 2.65. The Morgan fingerprint density at radius 3 is 3.11 bits per heavy atom. The molecule has 1 rings (SSSR count). The molecule has 0 aliphatic heterocycles. The average Bonchev–Trinajstić information content (AvgIpc) is 2.37. The fourth-order valence-corrected chi connectivity index (χ4v) is 0.580. The van der Waals surface area contributed by atoms with Crippen LogP contribution < -0.4 is 0 Å². The fraction of sp³-hybridized carbons (Fsp3) is 0.600. The van der Waals surface area contributed by atoms with E-state index in [2.05, 4.69) is 15.4 Å². The van der Waals surface area contributed by atoms with E-state index >= 15 is 0 Å². The van der Waals surface area contributed by atoms with E-state index in [1.165, 1.54) is 6.20 Å². The third kappa shape index (κ3) is 1.26. The second kappa shape index (κ2) is 2.59. The highest BCUT2D eigenvalue weighted by molar-refractivity contribution is 4.94. The van der Waals surface area contributed by atoms with Crippen LogP contribution in [0, 0.1) is 0 Å². The summed E-state index contributed by atoms with van der Waals surface area (Å²) >= 11 is 0. The van der Waals surface area contributed by atoms with E-state index in [-0.39, 0.29) is 0 Å². The maximum Gasteiger partial charge on any atom is 0.111 e. The molecular weight excluding hydrogens is 118 g/mol. The van der Waals surface area contributed by atoms with Crippen LogP contribution in [0.5, 0.6) is 0 Å². The number of hydrogen-bond donors (Lipinski definition) is 2. The van der Waals surface area contributed by atoms with E-state index in [1.54, 1.807) is 0 Å². The van der Waals surface area contributed by atoms with Crippen molar-refractivity contribution in [3.05, 3.63) is 11.9 Å². The van der Waals surface area contributed by atoms with Crippen LogP contribution in [0.3, 0.4) is 0 Å². The molecule has 1 atom stereocenters. The lowest BCUT2D eigenvalue weighted by Gasteiger charge is -1.99. The van der Waals surface area contributed by atoms with Gasteiger partial charge in [-0.25, -0.2) is 0 Å². The summed E-state index contributed by atoms with van der Waals surface area (Å²) in [6.45, 7) is 1.89. The van der Waals surface area contributed by atoms with Gasteiger partial charge in [-0.2, -0.15) is 15.4 Å². The average molecular weight is 127 g/mol. The van der Waals surface area contributed by atoms with Crippen molar-refractivity contribution in [1.82, 2.24) is 15.4 Å². The molecular formula is C5H9N3O. The Morgan fingerprint density at radius 2 is 2.67 bits per heavy atom. The van der Waals surface area contributed by atoms with Gasteiger partial charge in [0.15, 0.2) is 0 Å². The summed E-state index contributed by atoms with van der Waals surface area (Å²) in [5.41, 5.74) is 0.609. The van der Waals surface area contributed by atoms with Crippen molar-refractivity contribution in [3.63, 3.8) is 0 Å². The molecule has 0 saturated heterocycles. The topological polar surface area (TPSA) is 61.8 Å². The molecule has 1 unspecified atom stereocenters. The van der Waals surface area contributed by atoms with E-state index < -0.39 is 6.10 Å². The minimum Gasteiger partial charge on any atom is -0.387 e. The van der Waals surface area contributed by atoms with E-state index in [4.69, 9.17) is 5.11 Å². The third-order valence-corrected chi connectivity index (χ3v) is 1.16. The summed E-state index contributed by atoms with van der Waals surface area (Å²) in [6.07, 6.45) is 1.73. The van der Waals surface area contributed by atoms with Gasteiger partial charge in [0.2, 0.25) is 0 Å². The zero-order chi connectivity index (χ0) is 6.69. The molecule has 50 valence electrons. The summed E-state index contributed by atoms with van der Waals surface area (Å²) in [4.78, 5) is 0. The number of rotatable bonds is 2. The van der Waals surface area contributed by atoms with Gasteiger partial charge in [-0.3, -0.25) is 0 Å². The van der Waals surface area contributed by atoms with Crippen molar-refractivity contribution in [1.29, 1.82) is 0 Å². The van der Waals surface area contributed by atoms with Gasteiger partial charge in [-0.1, -0.05) is 6.92 Å². The number of aliphatic hydroxyl groups excluding tert-OH is 1. The number of aromatic nitrogens is 3. The number of nitrogens with one attached hydrogen (secondary N) is 1. The summed E-state index contributed by atoms with van der Waals surface area (Å²) < 4.78 is 0. The summed E-state index contributed by atoms with van der Waals surface area (Å²) in [5, 5.41) is 18.8. The van der Waals surface area contributed by atoms with Crippen LogP contribution in [0.1, 0.15) is 25.1 Å². The minimum atomic E-state index is -0.469. The first-order valence-corrected chi connectivity index (χ1v) is 2.88. The van der Waals surface area contributed by atoms with Crippen LogP contribution >= 0.6 is 0 Å². The van der Waals surface area contributed by atoms with Gasteiger partial charge in [0.1, 0.15) is 5.69 Å². The maximum absolute atomic E-state index is 9.10. The first-order chi connectivity index (χ1) is 4.34. The smallest absolute Gasteiger partial charge is 0.111 e. The maximum atomic E-state index is 9.10. The second-order valence-electron chi connectivity index (χ2n) is 1.82. The Morgan fingerprint density at radius 1 is 1.89 bits per heavy atom. The second-order valence-corrected chi connectivity index (χ2v) is 1.82. The number of aromatic amines is 1. The Kier molecular flexibility index (Phi) is 1.79. The van der Waals surface area contributed by atoms with Crippen molar-refractivity contribution >= 4 is 0 Å². The van der Waals surface area contributed by atoms with Crippen LogP contribution in [-0.2, 0) is 0 Å². The number of nitrogens with zero attached hydrogens (tertiary/aromatic N) is 2. The Hall–Kier alpha value is -0.900. The van der Waals surface area contributed by atoms with Gasteiger partial charge in [-0.05, 0) is 6.42 Å². The monoisotopic (exact) mass is 127 g/mol. The Bertz CT molecular complexity index is 161. The van der Waals surface area contributed by atoms with Crippen LogP contribution in [-0.4, -0.2) is 20.5 Å². The molecule has 0 aliphatic carbocycles. The largest absolute Gasteiger partial charge is 0.387 e. The van der Waals surface area contributed by atoms with Crippen molar-refractivity contribution < 1.29 is 5.11 Å². The quantitative estimate of drug-likeness (QED) is 0.598. The van der Waals surface area contributed by atoms with Gasteiger partial charge in [0.25, 0.3) is 0 Å². The van der Waals surface area contributed by atoms with Gasteiger partial charge < -0.3 is 5.11 Å². The predicted octanol–water partition coefficient (Wildman–Crippen LogP) is 0.248. The first-order valence-electron chi connectivity index (χ1n) is 2.88. The lowest BCUT2D eigenvalue weighted by atomic mass is 10.2. The summed E-state index contributed by atoms with van der Waals surface area (Å²) in [5.74, 6) is 0. The molecule has 9 heavy (non-hydrogen) atoms. The molecule has 4 heteroatoms. The number of H-pyrrole nitrogens is 1. The molecule has 1 aromatic heterocycles. The normalized spacial score (nSPS) is 13.6. The van der Waals surface area contributed by atoms with Crippen LogP contribution in [0.2, 0.25) is 0 Å². The summed E-state index contributed by atoms with van der Waals surface area (Å²) in [7, 11) is 0. The molecule has 0 bridgehead atoms. The van der Waals surface area contributed by atoms with E-state index in [1.807, 2.05) is 6.92 Å². The molecule has 0 aliphatic rings. The minimum absolute atomic E-state index is 0.469. The highest BCUT2D eigenvalue weighted by atomic mass is 16.3. The fourth-order valence-electron chi connectivity index (χ4n) is 0.580. The van der Waals surface area contributed by atoms with Gasteiger partial charge in [-0.15, -0.1) is 0 Å². The molecule has 0 amide bonds. The zero-order valence-corrected chi connectivity index (χ0v) is 5.20. The Labute approximate surface area is 52.9 Å². The first kappa shape index (κ1) is 6.22. The van der Waals surface area contributed by atoms with Crippen LogP contribution in [0.25, 0.3) is 0 Å². The van der Waals surface area contributed by atoms with Gasteiger partial charge in [0, 0.05) is 0 Å². The molecule has 0 fully saturated rings. The van der Waals surface area contributed by atoms with Crippen LogP contribution in [0.4, 0.5) is 0 Å². The van der Waals surface area contributed by atoms with E-state index in [9.17, 15) is 0 Å². The van der Waals surface area contributed by atoms with E-state index in [0.29, 0.717) is 12.1 Å². The van der Waals surface area contributed by atoms with Crippen molar-refractivity contribution in [3.8, 4) is 0 Å². The highest BCUT2D eigenvalue weighted by Crippen LogP contribution is 2.09. The molecule has 2 N–H and O–H groups in total. The van der Waals surface area contributed by atoms with Gasteiger partial charge in [0.05, 0.1) is 12.3 Å². The number of hydrogen-bond acceptors (Lipinski definition) is 3. The highest BCUT2D eigenvalue weighted by Gasteiger charge is 2.05. The van der Waals surface area contributed by atoms with Gasteiger partial charge >= 0.3 is 0 Å². The third-order valence-electron chi connectivity index (χ3n) is 1.16. The molecule has 1 heterocycles. The standard InChI is InChI=1S/C5H9N3O/c1-2-5(9)4-3-6-8-7-4/h3,5,9H,2H2,1H3,(H,6,7,8). The summed E-state index contributed by atoms with van der Waals surface area (Å²) in [6, 6.07) is 0. The number of aliphatic hydroxyl groups is 1. The van der Waals surface area contributed by atoms with Crippen LogP contribution in [0.15, 0.2) is 6.20 Å². The molecule has 0 saturated carbocycles. The van der Waals surface area contributed by atoms with Crippen molar-refractivity contribution in [2.45, 2.75) is 19.4 Å². The molecule has 0 aromatic carbocycles. The molecule has 1 aromatic rings. The zero-order valence-electron chi connectivity index (χ0n) is 5.20. The lowest BCUT2D eigenvalue weighted by molar-refractivity contribution is 0.169. The lowest BCUT2D eigenvalue weighted by Crippen LogP contribution is -1.94. The van der Waals surface area contributed by atoms with Crippen molar-refractivity contribution in [2.75, 3.05) is 0 Å². The molecule has 0 radical (unpaired) electrons.